The molecule has 2 N–H and O–H groups in total. The molecule has 76 valence electrons. The third kappa shape index (κ3) is 4.18. The van der Waals surface area contributed by atoms with Crippen molar-refractivity contribution in [3.63, 3.8) is 0 Å². The van der Waals surface area contributed by atoms with Crippen molar-refractivity contribution in [1.29, 1.82) is 5.41 Å². The van der Waals surface area contributed by atoms with Gasteiger partial charge in [0, 0.05) is 18.8 Å². The van der Waals surface area contributed by atoms with Crippen molar-refractivity contribution in [3.05, 3.63) is 11.8 Å². The van der Waals surface area contributed by atoms with Crippen LogP contribution >= 0.6 is 11.6 Å². The first-order chi connectivity index (χ1) is 5.93. The lowest BCUT2D eigenvalue weighted by molar-refractivity contribution is 0.322. The molecule has 0 spiro atoms. The molecule has 0 aliphatic heterocycles. The predicted octanol–water partition coefficient (Wildman–Crippen LogP) is 2.12. The van der Waals surface area contributed by atoms with Crippen molar-refractivity contribution in [3.8, 4) is 0 Å². The summed E-state index contributed by atoms with van der Waals surface area (Å²) in [5.41, 5.74) is 0.651. The summed E-state index contributed by atoms with van der Waals surface area (Å²) in [6, 6.07) is 0. The van der Waals surface area contributed by atoms with Gasteiger partial charge in [0.25, 0.3) is 0 Å². The molecule has 0 aliphatic rings. The molecule has 0 aromatic rings. The first-order valence-corrected chi connectivity index (χ1v) is 4.59. The van der Waals surface area contributed by atoms with Crippen molar-refractivity contribution >= 4 is 17.5 Å². The van der Waals surface area contributed by atoms with Gasteiger partial charge in [0.15, 0.2) is 0 Å². The Bertz CT molecular complexity index is 206. The van der Waals surface area contributed by atoms with Crippen molar-refractivity contribution < 1.29 is 4.74 Å². The largest absolute Gasteiger partial charge is 0.478 e. The summed E-state index contributed by atoms with van der Waals surface area (Å²) in [7, 11) is 1.77. The molecule has 0 fully saturated rings. The summed E-state index contributed by atoms with van der Waals surface area (Å²) in [6.07, 6.45) is 1.69. The number of alkyl halides is 1. The lowest BCUT2D eigenvalue weighted by atomic mass is 10.0. The van der Waals surface area contributed by atoms with Crippen molar-refractivity contribution in [1.82, 2.24) is 5.32 Å². The van der Waals surface area contributed by atoms with Gasteiger partial charge in [-0.3, -0.25) is 5.41 Å². The molecule has 13 heavy (non-hydrogen) atoms. The van der Waals surface area contributed by atoms with Crippen LogP contribution in [0.5, 0.6) is 0 Å². The molecule has 0 aromatic carbocycles. The number of hydrogen-bond donors (Lipinski definition) is 2. The van der Waals surface area contributed by atoms with Crippen LogP contribution in [0.25, 0.3) is 0 Å². The Kier molecular flexibility index (Phi) is 4.85. The lowest BCUT2D eigenvalue weighted by Crippen LogP contribution is -2.24. The van der Waals surface area contributed by atoms with Gasteiger partial charge in [0.1, 0.15) is 0 Å². The number of rotatable bonds is 4. The second-order valence-corrected chi connectivity index (χ2v) is 4.03. The molecule has 0 aromatic heterocycles. The van der Waals surface area contributed by atoms with E-state index >= 15 is 0 Å². The first kappa shape index (κ1) is 12.3. The summed E-state index contributed by atoms with van der Waals surface area (Å²) in [5.74, 6) is 0.122. The van der Waals surface area contributed by atoms with E-state index in [0.29, 0.717) is 12.2 Å². The van der Waals surface area contributed by atoms with Crippen LogP contribution in [0.3, 0.4) is 0 Å². The molecule has 0 saturated heterocycles. The Hall–Kier alpha value is -0.700. The van der Waals surface area contributed by atoms with Crippen LogP contribution in [0.4, 0.5) is 0 Å². The molecular weight excluding hydrogens is 188 g/mol. The van der Waals surface area contributed by atoms with Crippen LogP contribution in [0.1, 0.15) is 20.8 Å². The standard InChI is InChI=1S/C9H17ClN2O/c1-5-13-8(11)7(6-12-4)9(2,3)10/h6,11-12H,5H2,1-4H3/b7-6-,11-8?. The van der Waals surface area contributed by atoms with Gasteiger partial charge in [-0.2, -0.15) is 0 Å². The number of ether oxygens (including phenoxy) is 1. The van der Waals surface area contributed by atoms with Gasteiger partial charge in [0.05, 0.1) is 11.5 Å². The highest BCUT2D eigenvalue weighted by Gasteiger charge is 2.24. The highest BCUT2D eigenvalue weighted by atomic mass is 35.5. The molecule has 0 amide bonds. The zero-order valence-corrected chi connectivity index (χ0v) is 9.33. The Morgan fingerprint density at radius 2 is 2.15 bits per heavy atom. The van der Waals surface area contributed by atoms with Crippen LogP contribution in [0, 0.1) is 5.41 Å². The maximum Gasteiger partial charge on any atom is 0.212 e. The second-order valence-electron chi connectivity index (χ2n) is 3.08. The van der Waals surface area contributed by atoms with Gasteiger partial charge in [0.2, 0.25) is 5.90 Å². The minimum atomic E-state index is -0.588. The number of halogens is 1. The molecule has 0 saturated carbocycles. The summed E-state index contributed by atoms with van der Waals surface area (Å²) in [6.45, 7) is 5.97. The minimum Gasteiger partial charge on any atom is -0.478 e. The van der Waals surface area contributed by atoms with Crippen LogP contribution in [0.15, 0.2) is 11.8 Å². The average Bonchev–Trinajstić information content (AvgIpc) is 1.98. The molecule has 4 heteroatoms. The van der Waals surface area contributed by atoms with Crippen LogP contribution in [0.2, 0.25) is 0 Å². The fraction of sp³-hybridized carbons (Fsp3) is 0.667. The average molecular weight is 205 g/mol. The summed E-state index contributed by atoms with van der Waals surface area (Å²) in [5, 5.41) is 10.4. The van der Waals surface area contributed by atoms with Gasteiger partial charge in [-0.05, 0) is 20.8 Å². The van der Waals surface area contributed by atoms with E-state index in [2.05, 4.69) is 5.32 Å². The summed E-state index contributed by atoms with van der Waals surface area (Å²) >= 11 is 6.08. The van der Waals surface area contributed by atoms with Crippen molar-refractivity contribution in [2.45, 2.75) is 25.6 Å². The third-order valence-electron chi connectivity index (χ3n) is 1.46. The summed E-state index contributed by atoms with van der Waals surface area (Å²) < 4.78 is 5.07. The lowest BCUT2D eigenvalue weighted by Gasteiger charge is -2.20. The Labute approximate surface area is 84.6 Å². The number of nitrogens with one attached hydrogen (secondary N) is 2. The fourth-order valence-electron chi connectivity index (χ4n) is 0.874. The fourth-order valence-corrected chi connectivity index (χ4v) is 1.01. The van der Waals surface area contributed by atoms with Crippen LogP contribution < -0.4 is 5.32 Å². The Balaban J connectivity index is 4.63. The molecule has 0 atom stereocenters. The van der Waals surface area contributed by atoms with Gasteiger partial charge >= 0.3 is 0 Å². The van der Waals surface area contributed by atoms with E-state index in [0.717, 1.165) is 0 Å². The monoisotopic (exact) mass is 204 g/mol. The van der Waals surface area contributed by atoms with E-state index in [4.69, 9.17) is 21.7 Å². The SMILES string of the molecule is CCOC(=N)/C(=C/NC)C(C)(C)Cl. The molecular formula is C9H17ClN2O. The maximum atomic E-state index is 7.59. The summed E-state index contributed by atoms with van der Waals surface area (Å²) in [4.78, 5) is -0.588. The normalized spacial score (nSPS) is 12.5. The van der Waals surface area contributed by atoms with Gasteiger partial charge in [-0.25, -0.2) is 0 Å². The smallest absolute Gasteiger partial charge is 0.212 e. The van der Waals surface area contributed by atoms with E-state index in [1.807, 2.05) is 20.8 Å². The molecule has 0 bridgehead atoms. The van der Waals surface area contributed by atoms with Gasteiger partial charge in [-0.15, -0.1) is 11.6 Å². The van der Waals surface area contributed by atoms with E-state index in [1.54, 1.807) is 13.2 Å². The molecule has 3 nitrogen and oxygen atoms in total. The maximum absolute atomic E-state index is 7.59. The highest BCUT2D eigenvalue weighted by Crippen LogP contribution is 2.24. The predicted molar refractivity (Wildman–Crippen MR) is 56.4 cm³/mol. The molecule has 0 aliphatic carbocycles. The first-order valence-electron chi connectivity index (χ1n) is 4.22. The highest BCUT2D eigenvalue weighted by molar-refractivity contribution is 6.28. The molecule has 0 radical (unpaired) electrons. The van der Waals surface area contributed by atoms with E-state index in [9.17, 15) is 0 Å². The van der Waals surface area contributed by atoms with Crippen LogP contribution in [-0.4, -0.2) is 24.4 Å². The quantitative estimate of drug-likeness (QED) is 0.419. The van der Waals surface area contributed by atoms with E-state index in [-0.39, 0.29) is 5.90 Å². The van der Waals surface area contributed by atoms with Gasteiger partial charge in [-0.1, -0.05) is 0 Å². The van der Waals surface area contributed by atoms with E-state index < -0.39 is 4.87 Å². The van der Waals surface area contributed by atoms with Crippen molar-refractivity contribution in [2.24, 2.45) is 0 Å². The third-order valence-corrected chi connectivity index (χ3v) is 1.67. The minimum absolute atomic E-state index is 0.122. The molecule has 0 unspecified atom stereocenters. The van der Waals surface area contributed by atoms with Crippen LogP contribution in [-0.2, 0) is 4.74 Å². The zero-order chi connectivity index (χ0) is 10.5. The second kappa shape index (κ2) is 5.12. The number of hydrogen-bond acceptors (Lipinski definition) is 3. The molecule has 0 rings (SSSR count). The Morgan fingerprint density at radius 1 is 1.62 bits per heavy atom. The van der Waals surface area contributed by atoms with Crippen molar-refractivity contribution in [2.75, 3.05) is 13.7 Å². The Morgan fingerprint density at radius 3 is 2.46 bits per heavy atom. The van der Waals surface area contributed by atoms with E-state index in [1.165, 1.54) is 0 Å². The van der Waals surface area contributed by atoms with Gasteiger partial charge < -0.3 is 10.1 Å². The zero-order valence-electron chi connectivity index (χ0n) is 8.57. The topological polar surface area (TPSA) is 45.1 Å². The molecule has 0 heterocycles.